The number of aryl methyl sites for hydroxylation is 1. The van der Waals surface area contributed by atoms with Crippen LogP contribution >= 0.6 is 11.3 Å². The van der Waals surface area contributed by atoms with E-state index in [4.69, 9.17) is 4.74 Å². The van der Waals surface area contributed by atoms with Gasteiger partial charge >= 0.3 is 5.97 Å². The molecule has 0 aliphatic rings. The molecule has 0 saturated carbocycles. The number of hydrogen-bond donors (Lipinski definition) is 1. The third kappa shape index (κ3) is 3.39. The second-order valence-corrected chi connectivity index (χ2v) is 6.89. The summed E-state index contributed by atoms with van der Waals surface area (Å²) in [6, 6.07) is 11.6. The molecule has 3 rings (SSSR count). The zero-order chi connectivity index (χ0) is 18.8. The summed E-state index contributed by atoms with van der Waals surface area (Å²) >= 11 is 1.27. The lowest BCUT2D eigenvalue weighted by Gasteiger charge is -2.10. The number of hydrogen-bond acceptors (Lipinski definition) is 4. The predicted molar refractivity (Wildman–Crippen MR) is 99.8 cm³/mol. The molecule has 0 saturated heterocycles. The van der Waals surface area contributed by atoms with E-state index in [0.717, 1.165) is 10.3 Å². The third-order valence-electron chi connectivity index (χ3n) is 4.07. The van der Waals surface area contributed by atoms with Gasteiger partial charge in [-0.05, 0) is 38.1 Å². The maximum Gasteiger partial charge on any atom is 0.326 e. The third-order valence-corrected chi connectivity index (χ3v) is 5.11. The van der Waals surface area contributed by atoms with Gasteiger partial charge in [0, 0.05) is 11.6 Å². The number of benzene rings is 2. The number of rotatable bonds is 4. The molecular formula is C19H18N2O4S. The van der Waals surface area contributed by atoms with Gasteiger partial charge in [0.2, 0.25) is 0 Å². The van der Waals surface area contributed by atoms with Gasteiger partial charge in [-0.3, -0.25) is 4.79 Å². The van der Waals surface area contributed by atoms with Crippen LogP contribution in [0.25, 0.3) is 10.2 Å². The van der Waals surface area contributed by atoms with Gasteiger partial charge in [-0.15, -0.1) is 0 Å². The molecule has 0 aliphatic heterocycles. The van der Waals surface area contributed by atoms with Gasteiger partial charge in [-0.1, -0.05) is 29.0 Å². The largest absolute Gasteiger partial charge is 0.497 e. The minimum Gasteiger partial charge on any atom is -0.497 e. The summed E-state index contributed by atoms with van der Waals surface area (Å²) in [5, 5.41) is 9.47. The molecule has 3 aromatic rings. The smallest absolute Gasteiger partial charge is 0.326 e. The van der Waals surface area contributed by atoms with Gasteiger partial charge in [0.1, 0.15) is 11.8 Å². The van der Waals surface area contributed by atoms with Crippen molar-refractivity contribution in [2.45, 2.75) is 19.9 Å². The van der Waals surface area contributed by atoms with Gasteiger partial charge < -0.3 is 14.4 Å². The van der Waals surface area contributed by atoms with E-state index < -0.39 is 17.9 Å². The van der Waals surface area contributed by atoms with E-state index >= 15 is 0 Å². The fourth-order valence-corrected chi connectivity index (χ4v) is 3.64. The SMILES string of the molecule is COc1ccc2sc(=NC(=O)c3ccc(C)cc3)n([C@@H](C)C(=O)O)c2c1. The molecule has 6 nitrogen and oxygen atoms in total. The molecule has 1 N–H and O–H groups in total. The van der Waals surface area contributed by atoms with E-state index in [1.54, 1.807) is 42.9 Å². The molecule has 7 heteroatoms. The molecule has 1 heterocycles. The second-order valence-electron chi connectivity index (χ2n) is 5.89. The quantitative estimate of drug-likeness (QED) is 0.763. The lowest BCUT2D eigenvalue weighted by Crippen LogP contribution is -2.25. The number of nitrogens with zero attached hydrogens (tertiary/aromatic N) is 2. The molecule has 0 spiro atoms. The van der Waals surface area contributed by atoms with Gasteiger partial charge in [-0.25, -0.2) is 4.79 Å². The van der Waals surface area contributed by atoms with Crippen molar-refractivity contribution in [1.82, 2.24) is 4.57 Å². The lowest BCUT2D eigenvalue weighted by molar-refractivity contribution is -0.140. The van der Waals surface area contributed by atoms with Crippen LogP contribution in [0.3, 0.4) is 0 Å². The Kier molecular flexibility index (Phi) is 4.90. The molecule has 1 aromatic heterocycles. The van der Waals surface area contributed by atoms with Crippen molar-refractivity contribution in [3.05, 3.63) is 58.4 Å². The predicted octanol–water partition coefficient (Wildman–Crippen LogP) is 3.41. The Morgan fingerprint density at radius 2 is 1.88 bits per heavy atom. The van der Waals surface area contributed by atoms with Gasteiger partial charge in [-0.2, -0.15) is 4.99 Å². The number of carboxylic acid groups (broad SMARTS) is 1. The second kappa shape index (κ2) is 7.13. The van der Waals surface area contributed by atoms with Crippen molar-refractivity contribution in [1.29, 1.82) is 0 Å². The number of carbonyl (C=O) groups excluding carboxylic acids is 1. The number of aromatic nitrogens is 1. The summed E-state index contributed by atoms with van der Waals surface area (Å²) < 4.78 is 7.62. The average Bonchev–Trinajstić information content (AvgIpc) is 2.98. The summed E-state index contributed by atoms with van der Waals surface area (Å²) in [6.45, 7) is 3.50. The molecule has 0 bridgehead atoms. The molecule has 0 fully saturated rings. The van der Waals surface area contributed by atoms with E-state index in [1.165, 1.54) is 11.3 Å². The van der Waals surface area contributed by atoms with Crippen molar-refractivity contribution in [3.8, 4) is 5.75 Å². The Labute approximate surface area is 154 Å². The van der Waals surface area contributed by atoms with Crippen molar-refractivity contribution in [2.75, 3.05) is 7.11 Å². The van der Waals surface area contributed by atoms with Crippen LogP contribution in [0.5, 0.6) is 5.75 Å². The van der Waals surface area contributed by atoms with E-state index in [2.05, 4.69) is 4.99 Å². The number of carboxylic acids is 1. The lowest BCUT2D eigenvalue weighted by atomic mass is 10.1. The van der Waals surface area contributed by atoms with Crippen molar-refractivity contribution in [2.24, 2.45) is 4.99 Å². The normalized spacial score (nSPS) is 13.0. The van der Waals surface area contributed by atoms with E-state index in [1.807, 2.05) is 25.1 Å². The van der Waals surface area contributed by atoms with Crippen LogP contribution in [0.1, 0.15) is 28.9 Å². The first kappa shape index (κ1) is 17.9. The fraction of sp³-hybridized carbons (Fsp3) is 0.211. The topological polar surface area (TPSA) is 80.9 Å². The number of fused-ring (bicyclic) bond motifs is 1. The molecule has 0 radical (unpaired) electrons. The molecule has 134 valence electrons. The monoisotopic (exact) mass is 370 g/mol. The van der Waals surface area contributed by atoms with Crippen LogP contribution < -0.4 is 9.54 Å². The highest BCUT2D eigenvalue weighted by molar-refractivity contribution is 7.16. The van der Waals surface area contributed by atoms with E-state index in [9.17, 15) is 14.7 Å². The van der Waals surface area contributed by atoms with Gasteiger partial charge in [0.05, 0.1) is 17.3 Å². The average molecular weight is 370 g/mol. The Morgan fingerprint density at radius 3 is 2.50 bits per heavy atom. The molecular weight excluding hydrogens is 352 g/mol. The van der Waals surface area contributed by atoms with Crippen LogP contribution in [0, 0.1) is 6.92 Å². The highest BCUT2D eigenvalue weighted by atomic mass is 32.1. The molecule has 1 atom stereocenters. The Morgan fingerprint density at radius 1 is 1.19 bits per heavy atom. The number of carbonyl (C=O) groups is 2. The maximum absolute atomic E-state index is 12.5. The first-order chi connectivity index (χ1) is 12.4. The Balaban J connectivity index is 2.20. The minimum atomic E-state index is -1.00. The van der Waals surface area contributed by atoms with Crippen molar-refractivity contribution >= 4 is 33.4 Å². The maximum atomic E-state index is 12.5. The first-order valence-electron chi connectivity index (χ1n) is 7.98. The number of ether oxygens (including phenoxy) is 1. The molecule has 26 heavy (non-hydrogen) atoms. The number of methoxy groups -OCH3 is 1. The minimum absolute atomic E-state index is 0.341. The first-order valence-corrected chi connectivity index (χ1v) is 8.80. The van der Waals surface area contributed by atoms with Crippen LogP contribution in [0.4, 0.5) is 0 Å². The van der Waals surface area contributed by atoms with Crippen LogP contribution in [-0.4, -0.2) is 28.7 Å². The molecule has 0 unspecified atom stereocenters. The van der Waals surface area contributed by atoms with Crippen LogP contribution in [0.2, 0.25) is 0 Å². The van der Waals surface area contributed by atoms with Crippen LogP contribution in [0.15, 0.2) is 47.5 Å². The zero-order valence-corrected chi connectivity index (χ0v) is 15.4. The van der Waals surface area contributed by atoms with E-state index in [-0.39, 0.29) is 0 Å². The van der Waals surface area contributed by atoms with E-state index in [0.29, 0.717) is 21.6 Å². The number of aliphatic carboxylic acids is 1. The van der Waals surface area contributed by atoms with Crippen molar-refractivity contribution in [3.63, 3.8) is 0 Å². The summed E-state index contributed by atoms with van der Waals surface area (Å²) in [6.07, 6.45) is 0. The molecule has 1 amide bonds. The highest BCUT2D eigenvalue weighted by Gasteiger charge is 2.19. The number of amides is 1. The Bertz CT molecular complexity index is 1050. The summed E-state index contributed by atoms with van der Waals surface area (Å²) in [4.78, 5) is 28.6. The number of thiazole rings is 1. The van der Waals surface area contributed by atoms with Crippen LogP contribution in [-0.2, 0) is 4.79 Å². The van der Waals surface area contributed by atoms with Gasteiger partial charge in [0.25, 0.3) is 5.91 Å². The zero-order valence-electron chi connectivity index (χ0n) is 14.6. The highest BCUT2D eigenvalue weighted by Crippen LogP contribution is 2.25. The summed E-state index contributed by atoms with van der Waals surface area (Å²) in [5.41, 5.74) is 2.17. The Hall–Kier alpha value is -2.93. The van der Waals surface area contributed by atoms with Crippen molar-refractivity contribution < 1.29 is 19.4 Å². The summed E-state index contributed by atoms with van der Waals surface area (Å²) in [5.74, 6) is -0.801. The standard InChI is InChI=1S/C19H18N2O4S/c1-11-4-6-13(7-5-11)17(22)20-19-21(12(2)18(23)24)15-10-14(25-3)8-9-16(15)26-19/h4-10,12H,1-3H3,(H,23,24)/t12-/m0/s1. The molecule has 2 aromatic carbocycles. The summed E-state index contributed by atoms with van der Waals surface area (Å²) in [7, 11) is 1.55. The fourth-order valence-electron chi connectivity index (χ4n) is 2.56. The van der Waals surface area contributed by atoms with Gasteiger partial charge in [0.15, 0.2) is 4.80 Å². The molecule has 0 aliphatic carbocycles.